The molecule has 0 saturated carbocycles. The van der Waals surface area contributed by atoms with E-state index in [-0.39, 0.29) is 0 Å². The first-order valence-electron chi connectivity index (χ1n) is 4.11. The van der Waals surface area contributed by atoms with E-state index >= 15 is 0 Å². The molecule has 1 aromatic carbocycles. The molecule has 0 aliphatic heterocycles. The molecule has 66 valence electrons. The summed E-state index contributed by atoms with van der Waals surface area (Å²) in [6, 6.07) is 8.45. The number of hydrazine groups is 1. The Morgan fingerprint density at radius 1 is 1.08 bits per heavy atom. The predicted molar refractivity (Wildman–Crippen MR) is 57.2 cm³/mol. The Balaban J connectivity index is 2.93. The molecule has 0 spiro atoms. The fourth-order valence-electron chi connectivity index (χ4n) is 1.07. The molecule has 0 aromatic heterocycles. The summed E-state index contributed by atoms with van der Waals surface area (Å²) in [7, 11) is 0. The second-order valence-electron chi connectivity index (χ2n) is 3.97. The molecule has 2 nitrogen and oxygen atoms in total. The van der Waals surface area contributed by atoms with E-state index in [0.29, 0.717) is 0 Å². The number of hydrogen-bond donors (Lipinski definition) is 2. The normalized spacial score (nSPS) is 11.3. The van der Waals surface area contributed by atoms with Crippen LogP contribution in [0.15, 0.2) is 24.3 Å². The molecule has 0 amide bonds. The Kier molecular flexibility index (Phi) is 3.01. The first-order chi connectivity index (χ1) is 5.54. The van der Waals surface area contributed by atoms with Crippen molar-refractivity contribution in [2.45, 2.75) is 14.8 Å². The van der Waals surface area contributed by atoms with Crippen LogP contribution >= 0.6 is 0 Å². The molecule has 1 rings (SSSR count). The minimum atomic E-state index is -1.83. The zero-order valence-corrected chi connectivity index (χ0v) is 10.7. The standard InChI is InChI=1S/C6H7N2.3CH3.Sn/c7-8-6-4-2-1-3-5-6;;;;/h2-5,8H,7H2;3*1H3;. The van der Waals surface area contributed by atoms with Crippen LogP contribution < -0.4 is 14.8 Å². The SMILES string of the molecule is [CH3][Sn]([CH3])([CH3])[c]1ccc(NN)cc1. The van der Waals surface area contributed by atoms with Gasteiger partial charge in [0.25, 0.3) is 0 Å². The van der Waals surface area contributed by atoms with Crippen molar-refractivity contribution in [3.63, 3.8) is 0 Å². The molecule has 0 bridgehead atoms. The van der Waals surface area contributed by atoms with Gasteiger partial charge in [0.15, 0.2) is 0 Å². The van der Waals surface area contributed by atoms with E-state index in [4.69, 9.17) is 5.84 Å². The summed E-state index contributed by atoms with van der Waals surface area (Å²) in [5.74, 6) is 5.28. The second kappa shape index (κ2) is 3.66. The summed E-state index contributed by atoms with van der Waals surface area (Å²) in [5.41, 5.74) is 3.61. The first kappa shape index (κ1) is 9.86. The molecule has 1 aromatic rings. The van der Waals surface area contributed by atoms with Crippen LogP contribution in [-0.4, -0.2) is 18.4 Å². The topological polar surface area (TPSA) is 38.0 Å². The number of anilines is 1. The van der Waals surface area contributed by atoms with Crippen LogP contribution in [0.3, 0.4) is 0 Å². The van der Waals surface area contributed by atoms with Gasteiger partial charge < -0.3 is 0 Å². The third-order valence-electron chi connectivity index (χ3n) is 1.92. The molecule has 3 N–H and O–H groups in total. The van der Waals surface area contributed by atoms with E-state index in [1.165, 1.54) is 3.58 Å². The van der Waals surface area contributed by atoms with Gasteiger partial charge in [0, 0.05) is 0 Å². The van der Waals surface area contributed by atoms with Gasteiger partial charge in [0.1, 0.15) is 0 Å². The number of nitrogens with two attached hydrogens (primary N) is 1. The summed E-state index contributed by atoms with van der Waals surface area (Å²) in [6.07, 6.45) is 0. The third-order valence-corrected chi connectivity index (χ3v) is 7.81. The molecular formula is C9H16N2Sn. The fourth-order valence-corrected chi connectivity index (χ4v) is 4.40. The number of benzene rings is 1. The maximum atomic E-state index is 5.28. The Bertz CT molecular complexity index is 248. The van der Waals surface area contributed by atoms with Crippen molar-refractivity contribution in [2.75, 3.05) is 5.43 Å². The predicted octanol–water partition coefficient (Wildman–Crippen LogP) is 1.52. The van der Waals surface area contributed by atoms with Gasteiger partial charge in [-0.05, 0) is 0 Å². The number of nitrogen functional groups attached to an aromatic ring is 1. The second-order valence-corrected chi connectivity index (χ2v) is 18.5. The van der Waals surface area contributed by atoms with E-state index in [9.17, 15) is 0 Å². The number of hydrogen-bond acceptors (Lipinski definition) is 2. The Morgan fingerprint density at radius 2 is 1.58 bits per heavy atom. The van der Waals surface area contributed by atoms with Gasteiger partial charge in [-0.1, -0.05) is 0 Å². The van der Waals surface area contributed by atoms with Gasteiger partial charge in [0.2, 0.25) is 0 Å². The molecular weight excluding hydrogens is 255 g/mol. The van der Waals surface area contributed by atoms with E-state index in [1.54, 1.807) is 0 Å². The minimum absolute atomic E-state index is 0.981. The Labute approximate surface area is 78.0 Å². The van der Waals surface area contributed by atoms with Gasteiger partial charge in [-0.25, -0.2) is 0 Å². The van der Waals surface area contributed by atoms with Crippen LogP contribution in [0.25, 0.3) is 0 Å². The average Bonchev–Trinajstić information content (AvgIpc) is 2.03. The molecule has 0 unspecified atom stereocenters. The van der Waals surface area contributed by atoms with Crippen LogP contribution in [0.5, 0.6) is 0 Å². The van der Waals surface area contributed by atoms with Crippen LogP contribution in [-0.2, 0) is 0 Å². The van der Waals surface area contributed by atoms with Gasteiger partial charge in [-0.15, -0.1) is 0 Å². The summed E-state index contributed by atoms with van der Waals surface area (Å²) in [6.45, 7) is 0. The van der Waals surface area contributed by atoms with Crippen molar-refractivity contribution in [2.24, 2.45) is 5.84 Å². The average molecular weight is 271 g/mol. The van der Waals surface area contributed by atoms with Crippen molar-refractivity contribution in [1.29, 1.82) is 0 Å². The van der Waals surface area contributed by atoms with E-state index in [1.807, 2.05) is 12.1 Å². The molecule has 12 heavy (non-hydrogen) atoms. The monoisotopic (exact) mass is 272 g/mol. The van der Waals surface area contributed by atoms with Crippen LogP contribution in [0.2, 0.25) is 14.8 Å². The molecule has 0 saturated heterocycles. The quantitative estimate of drug-likeness (QED) is 0.486. The number of nitrogens with one attached hydrogen (secondary N) is 1. The zero-order valence-electron chi connectivity index (χ0n) is 7.89. The van der Waals surface area contributed by atoms with Gasteiger partial charge in [-0.2, -0.15) is 0 Å². The molecule has 0 aliphatic carbocycles. The number of rotatable bonds is 2. The van der Waals surface area contributed by atoms with E-state index in [0.717, 1.165) is 5.69 Å². The molecule has 0 atom stereocenters. The fraction of sp³-hybridized carbons (Fsp3) is 0.333. The van der Waals surface area contributed by atoms with Gasteiger partial charge >= 0.3 is 78.0 Å². The van der Waals surface area contributed by atoms with E-state index < -0.39 is 18.4 Å². The van der Waals surface area contributed by atoms with Gasteiger partial charge in [-0.3, -0.25) is 0 Å². The van der Waals surface area contributed by atoms with Crippen molar-refractivity contribution in [3.8, 4) is 0 Å². The molecule has 0 heterocycles. The third kappa shape index (κ3) is 2.38. The van der Waals surface area contributed by atoms with Crippen molar-refractivity contribution >= 4 is 27.6 Å². The van der Waals surface area contributed by atoms with Crippen LogP contribution in [0.1, 0.15) is 0 Å². The summed E-state index contributed by atoms with van der Waals surface area (Å²) >= 11 is -1.83. The van der Waals surface area contributed by atoms with Crippen molar-refractivity contribution in [1.82, 2.24) is 0 Å². The Morgan fingerprint density at radius 3 is 1.92 bits per heavy atom. The first-order valence-corrected chi connectivity index (χ1v) is 14.1. The Hall–Kier alpha value is -0.221. The summed E-state index contributed by atoms with van der Waals surface area (Å²) in [5, 5.41) is 0. The molecule has 3 heteroatoms. The molecule has 0 fully saturated rings. The molecule has 0 radical (unpaired) electrons. The zero-order chi connectivity index (χ0) is 9.19. The van der Waals surface area contributed by atoms with Crippen molar-refractivity contribution < 1.29 is 0 Å². The summed E-state index contributed by atoms with van der Waals surface area (Å²) in [4.78, 5) is 7.21. The molecule has 0 aliphatic rings. The van der Waals surface area contributed by atoms with Crippen LogP contribution in [0.4, 0.5) is 5.69 Å². The maximum absolute atomic E-state index is 5.28. The summed E-state index contributed by atoms with van der Waals surface area (Å²) < 4.78 is 1.53. The van der Waals surface area contributed by atoms with Crippen molar-refractivity contribution in [3.05, 3.63) is 24.3 Å². The van der Waals surface area contributed by atoms with Crippen LogP contribution in [0, 0.1) is 0 Å². The van der Waals surface area contributed by atoms with E-state index in [2.05, 4.69) is 32.4 Å². The van der Waals surface area contributed by atoms with Gasteiger partial charge in [0.05, 0.1) is 0 Å².